The van der Waals surface area contributed by atoms with E-state index < -0.39 is 0 Å². The number of phenols is 1. The Bertz CT molecular complexity index is 846. The van der Waals surface area contributed by atoms with Gasteiger partial charge in [-0.05, 0) is 25.3 Å². The molecule has 3 heterocycles. The highest BCUT2D eigenvalue weighted by molar-refractivity contribution is 6.45. The van der Waals surface area contributed by atoms with Crippen molar-refractivity contribution in [2.45, 2.75) is 32.1 Å². The summed E-state index contributed by atoms with van der Waals surface area (Å²) in [7, 11) is 0. The lowest BCUT2D eigenvalue weighted by atomic mass is 10.2. The predicted octanol–water partition coefficient (Wildman–Crippen LogP) is 3.65. The molecule has 1 atom stereocenters. The number of halogens is 2. The normalized spacial score (nSPS) is 20.6. The summed E-state index contributed by atoms with van der Waals surface area (Å²) >= 11 is 12.4. The number of aromatic nitrogens is 1. The van der Waals surface area contributed by atoms with Crippen molar-refractivity contribution in [3.63, 3.8) is 0 Å². The fourth-order valence-electron chi connectivity index (χ4n) is 3.60. The number of rotatable bonds is 4. The van der Waals surface area contributed by atoms with E-state index in [-0.39, 0.29) is 23.0 Å². The monoisotopic (exact) mass is 398 g/mol. The van der Waals surface area contributed by atoms with Gasteiger partial charge in [-0.1, -0.05) is 23.2 Å². The molecule has 1 saturated heterocycles. The average molecular weight is 399 g/mol. The molecule has 1 N–H and O–H groups in total. The van der Waals surface area contributed by atoms with Crippen LogP contribution in [0.3, 0.4) is 0 Å². The Morgan fingerprint density at radius 2 is 2.12 bits per heavy atom. The smallest absolute Gasteiger partial charge is 0.270 e. The molecule has 0 aliphatic carbocycles. The first-order valence-electron chi connectivity index (χ1n) is 8.79. The quantitative estimate of drug-likeness (QED) is 0.853. The van der Waals surface area contributed by atoms with Crippen LogP contribution in [0.25, 0.3) is 10.9 Å². The summed E-state index contributed by atoms with van der Waals surface area (Å²) in [5.74, 6) is -0.0827. The lowest BCUT2D eigenvalue weighted by molar-refractivity contribution is -0.163. The summed E-state index contributed by atoms with van der Waals surface area (Å²) < 4.78 is 13.1. The maximum Gasteiger partial charge on any atom is 0.270 e. The molecule has 2 aliphatic heterocycles. The van der Waals surface area contributed by atoms with Crippen LogP contribution >= 0.6 is 23.2 Å². The summed E-state index contributed by atoms with van der Waals surface area (Å²) in [4.78, 5) is 14.6. The molecule has 1 aromatic heterocycles. The van der Waals surface area contributed by atoms with Gasteiger partial charge in [-0.3, -0.25) is 4.79 Å². The maximum absolute atomic E-state index is 12.8. The standard InChI is InChI=1S/C18H20Cl2N2O4/c19-12-10-14(23)11-9-13-18(24)21(4-5-22(13)17(11)16(12)20)6-8-26-15-3-1-2-7-25-15/h9-10,15,23H,1-8H2. The number of hydrogen-bond donors (Lipinski definition) is 1. The Kier molecular flexibility index (Phi) is 5.01. The number of aromatic hydroxyl groups is 1. The van der Waals surface area contributed by atoms with Gasteiger partial charge < -0.3 is 24.0 Å². The predicted molar refractivity (Wildman–Crippen MR) is 99.1 cm³/mol. The molecule has 0 spiro atoms. The molecule has 8 heteroatoms. The summed E-state index contributed by atoms with van der Waals surface area (Å²) in [6.45, 7) is 2.81. The van der Waals surface area contributed by atoms with E-state index >= 15 is 0 Å². The SMILES string of the molecule is O=C1c2cc3c(O)cc(Cl)c(Cl)c3n2CCN1CCOC1CCCCO1. The average Bonchev–Trinajstić information content (AvgIpc) is 3.04. The number of fused-ring (bicyclic) bond motifs is 3. The highest BCUT2D eigenvalue weighted by atomic mass is 35.5. The molecule has 2 aliphatic rings. The van der Waals surface area contributed by atoms with Crippen LogP contribution < -0.4 is 0 Å². The van der Waals surface area contributed by atoms with Gasteiger partial charge in [0.2, 0.25) is 0 Å². The molecule has 140 valence electrons. The van der Waals surface area contributed by atoms with Crippen molar-refractivity contribution in [3.8, 4) is 5.75 Å². The molecule has 1 amide bonds. The first-order chi connectivity index (χ1) is 12.6. The van der Waals surface area contributed by atoms with Crippen LogP contribution in [0.5, 0.6) is 5.75 Å². The number of nitrogens with zero attached hydrogens (tertiary/aromatic N) is 2. The number of carbonyl (C=O) groups is 1. The van der Waals surface area contributed by atoms with Crippen LogP contribution in [-0.4, -0.2) is 53.1 Å². The molecule has 4 rings (SSSR count). The van der Waals surface area contributed by atoms with E-state index in [2.05, 4.69) is 0 Å². The van der Waals surface area contributed by atoms with E-state index in [4.69, 9.17) is 32.7 Å². The fourth-order valence-corrected chi connectivity index (χ4v) is 4.05. The van der Waals surface area contributed by atoms with E-state index in [0.717, 1.165) is 25.9 Å². The van der Waals surface area contributed by atoms with Gasteiger partial charge in [-0.15, -0.1) is 0 Å². The van der Waals surface area contributed by atoms with E-state index in [0.29, 0.717) is 47.9 Å². The van der Waals surface area contributed by atoms with Crippen molar-refractivity contribution in [1.29, 1.82) is 0 Å². The Morgan fingerprint density at radius 3 is 2.88 bits per heavy atom. The Balaban J connectivity index is 1.50. The third kappa shape index (κ3) is 3.16. The number of hydrogen-bond acceptors (Lipinski definition) is 4. The highest BCUT2D eigenvalue weighted by Gasteiger charge is 2.28. The van der Waals surface area contributed by atoms with Gasteiger partial charge in [-0.2, -0.15) is 0 Å². The minimum Gasteiger partial charge on any atom is -0.507 e. The van der Waals surface area contributed by atoms with Crippen molar-refractivity contribution in [1.82, 2.24) is 9.47 Å². The molecule has 2 aromatic rings. The van der Waals surface area contributed by atoms with Crippen LogP contribution in [-0.2, 0) is 16.0 Å². The topological polar surface area (TPSA) is 63.9 Å². The van der Waals surface area contributed by atoms with Gasteiger partial charge in [-0.25, -0.2) is 0 Å². The molecule has 6 nitrogen and oxygen atoms in total. The van der Waals surface area contributed by atoms with E-state index in [1.807, 2.05) is 4.57 Å². The van der Waals surface area contributed by atoms with Crippen molar-refractivity contribution in [2.24, 2.45) is 0 Å². The molecule has 1 aromatic carbocycles. The Labute approximate surface area is 161 Å². The molecule has 1 unspecified atom stereocenters. The van der Waals surface area contributed by atoms with Gasteiger partial charge in [0.25, 0.3) is 5.91 Å². The summed E-state index contributed by atoms with van der Waals surface area (Å²) in [5.41, 5.74) is 1.10. The van der Waals surface area contributed by atoms with Gasteiger partial charge in [0.1, 0.15) is 11.4 Å². The molecule has 0 radical (unpaired) electrons. The molecule has 26 heavy (non-hydrogen) atoms. The number of phenolic OH excluding ortho intramolecular Hbond substituents is 1. The summed E-state index contributed by atoms with van der Waals surface area (Å²) in [5, 5.41) is 11.3. The minimum atomic E-state index is -0.159. The molecular weight excluding hydrogens is 379 g/mol. The van der Waals surface area contributed by atoms with E-state index in [1.54, 1.807) is 11.0 Å². The van der Waals surface area contributed by atoms with Gasteiger partial charge in [0, 0.05) is 37.7 Å². The van der Waals surface area contributed by atoms with Crippen molar-refractivity contribution in [3.05, 3.63) is 27.9 Å². The second kappa shape index (κ2) is 7.27. The number of benzene rings is 1. The van der Waals surface area contributed by atoms with E-state index in [9.17, 15) is 9.90 Å². The molecule has 1 fully saturated rings. The fraction of sp³-hybridized carbons (Fsp3) is 0.500. The largest absolute Gasteiger partial charge is 0.507 e. The summed E-state index contributed by atoms with van der Waals surface area (Å²) in [6.07, 6.45) is 2.93. The van der Waals surface area contributed by atoms with Crippen molar-refractivity contribution in [2.75, 3.05) is 26.3 Å². The third-order valence-corrected chi connectivity index (χ3v) is 5.73. The third-order valence-electron chi connectivity index (χ3n) is 4.96. The first kappa shape index (κ1) is 17.9. The maximum atomic E-state index is 12.8. The van der Waals surface area contributed by atoms with E-state index in [1.165, 1.54) is 6.07 Å². The van der Waals surface area contributed by atoms with Gasteiger partial charge in [0.15, 0.2) is 6.29 Å². The van der Waals surface area contributed by atoms with Crippen LogP contribution in [0.2, 0.25) is 10.0 Å². The second-order valence-electron chi connectivity index (χ2n) is 6.59. The molecule has 0 bridgehead atoms. The first-order valence-corrected chi connectivity index (χ1v) is 9.54. The Morgan fingerprint density at radius 1 is 1.27 bits per heavy atom. The van der Waals surface area contributed by atoms with Crippen LogP contribution in [0.1, 0.15) is 29.8 Å². The zero-order valence-corrected chi connectivity index (χ0v) is 15.7. The molecular formula is C18H20Cl2N2O4. The minimum absolute atomic E-state index is 0.0217. The van der Waals surface area contributed by atoms with Gasteiger partial charge >= 0.3 is 0 Å². The second-order valence-corrected chi connectivity index (χ2v) is 7.38. The highest BCUT2D eigenvalue weighted by Crippen LogP contribution is 2.39. The zero-order valence-electron chi connectivity index (χ0n) is 14.2. The zero-order chi connectivity index (χ0) is 18.3. The lowest BCUT2D eigenvalue weighted by Crippen LogP contribution is -2.42. The van der Waals surface area contributed by atoms with Gasteiger partial charge in [0.05, 0.1) is 22.2 Å². The van der Waals surface area contributed by atoms with Crippen molar-refractivity contribution < 1.29 is 19.4 Å². The number of ether oxygens (including phenoxy) is 2. The number of carbonyl (C=O) groups excluding carboxylic acids is 1. The summed E-state index contributed by atoms with van der Waals surface area (Å²) in [6, 6.07) is 3.07. The Hall–Kier alpha value is -1.47. The van der Waals surface area contributed by atoms with Crippen LogP contribution in [0, 0.1) is 0 Å². The van der Waals surface area contributed by atoms with Crippen LogP contribution in [0.15, 0.2) is 12.1 Å². The van der Waals surface area contributed by atoms with Crippen LogP contribution in [0.4, 0.5) is 0 Å². The lowest BCUT2D eigenvalue weighted by Gasteiger charge is -2.30. The number of amides is 1. The van der Waals surface area contributed by atoms with Crippen molar-refractivity contribution >= 4 is 40.0 Å². The molecule has 0 saturated carbocycles.